The second kappa shape index (κ2) is 5.56. The third-order valence-electron chi connectivity index (χ3n) is 4.21. The number of hydrogen-bond donors (Lipinski definition) is 0. The number of carbonyl (C=O) groups excluding carboxylic acids is 2. The summed E-state index contributed by atoms with van der Waals surface area (Å²) < 4.78 is 0. The van der Waals surface area contributed by atoms with E-state index in [-0.39, 0.29) is 17.7 Å². The van der Waals surface area contributed by atoms with Crippen LogP contribution in [0.5, 0.6) is 0 Å². The van der Waals surface area contributed by atoms with Gasteiger partial charge in [0.2, 0.25) is 11.8 Å². The van der Waals surface area contributed by atoms with Crippen LogP contribution in [0.4, 0.5) is 0 Å². The molecular formula is C15H20N2O2S. The Morgan fingerprint density at radius 2 is 2.25 bits per heavy atom. The third kappa shape index (κ3) is 2.87. The normalized spacial score (nSPS) is 22.9. The molecule has 0 unspecified atom stereocenters. The minimum absolute atomic E-state index is 0.0980. The van der Waals surface area contributed by atoms with Gasteiger partial charge in [-0.05, 0) is 41.7 Å². The highest BCUT2D eigenvalue weighted by Gasteiger charge is 2.38. The number of nitrogens with zero attached hydrogens (tertiary/aromatic N) is 2. The van der Waals surface area contributed by atoms with Crippen LogP contribution in [-0.4, -0.2) is 41.2 Å². The van der Waals surface area contributed by atoms with Crippen molar-refractivity contribution in [2.75, 3.05) is 13.6 Å². The van der Waals surface area contributed by atoms with Crippen LogP contribution < -0.4 is 0 Å². The van der Waals surface area contributed by atoms with Crippen LogP contribution >= 0.6 is 11.3 Å². The van der Waals surface area contributed by atoms with Crippen molar-refractivity contribution in [3.63, 3.8) is 0 Å². The van der Waals surface area contributed by atoms with Crippen LogP contribution in [0, 0.1) is 5.92 Å². The van der Waals surface area contributed by atoms with E-state index in [0.29, 0.717) is 25.6 Å². The van der Waals surface area contributed by atoms with Gasteiger partial charge in [-0.1, -0.05) is 0 Å². The van der Waals surface area contributed by atoms with Crippen molar-refractivity contribution in [3.8, 4) is 0 Å². The minimum Gasteiger partial charge on any atom is -0.346 e. The first-order chi connectivity index (χ1) is 9.65. The number of likely N-dealkylation sites (tertiary alicyclic amines) is 1. The molecule has 108 valence electrons. The lowest BCUT2D eigenvalue weighted by atomic mass is 9.94. The molecule has 1 aliphatic carbocycles. The number of thiophene rings is 1. The fraction of sp³-hybridized carbons (Fsp3) is 0.600. The Hall–Kier alpha value is -1.36. The lowest BCUT2D eigenvalue weighted by Gasteiger charge is -2.32. The number of piperidine rings is 1. The number of carbonyl (C=O) groups is 2. The summed E-state index contributed by atoms with van der Waals surface area (Å²) in [5.74, 6) is 0.166. The van der Waals surface area contributed by atoms with Gasteiger partial charge in [0.1, 0.15) is 0 Å². The molecule has 3 rings (SSSR count). The van der Waals surface area contributed by atoms with Gasteiger partial charge in [0.05, 0.1) is 0 Å². The average molecular weight is 292 g/mol. The summed E-state index contributed by atoms with van der Waals surface area (Å²) in [5, 5.41) is 4.15. The van der Waals surface area contributed by atoms with E-state index in [0.717, 1.165) is 19.3 Å². The van der Waals surface area contributed by atoms with Gasteiger partial charge in [0.25, 0.3) is 0 Å². The molecule has 1 saturated heterocycles. The summed E-state index contributed by atoms with van der Waals surface area (Å²) in [5.41, 5.74) is 1.20. The molecule has 4 nitrogen and oxygen atoms in total. The molecule has 0 bridgehead atoms. The zero-order valence-corrected chi connectivity index (χ0v) is 12.6. The van der Waals surface area contributed by atoms with E-state index < -0.39 is 0 Å². The van der Waals surface area contributed by atoms with E-state index in [1.165, 1.54) is 5.56 Å². The number of amides is 2. The van der Waals surface area contributed by atoms with Crippen LogP contribution in [0.3, 0.4) is 0 Å². The Morgan fingerprint density at radius 3 is 2.85 bits per heavy atom. The summed E-state index contributed by atoms with van der Waals surface area (Å²) in [6, 6.07) is 2.48. The van der Waals surface area contributed by atoms with E-state index in [9.17, 15) is 9.59 Å². The van der Waals surface area contributed by atoms with Crippen molar-refractivity contribution in [1.82, 2.24) is 9.80 Å². The highest BCUT2D eigenvalue weighted by molar-refractivity contribution is 7.07. The van der Waals surface area contributed by atoms with Gasteiger partial charge in [-0.15, -0.1) is 0 Å². The Morgan fingerprint density at radius 1 is 1.45 bits per heavy atom. The van der Waals surface area contributed by atoms with Gasteiger partial charge in [-0.25, -0.2) is 0 Å². The SMILES string of the molecule is CN1CC[C@@H](C(=O)N(Cc2ccsc2)C2CC2)CC1=O. The van der Waals surface area contributed by atoms with Crippen molar-refractivity contribution < 1.29 is 9.59 Å². The van der Waals surface area contributed by atoms with Crippen LogP contribution in [0.15, 0.2) is 16.8 Å². The van der Waals surface area contributed by atoms with Crippen LogP contribution in [0.1, 0.15) is 31.2 Å². The summed E-state index contributed by atoms with van der Waals surface area (Å²) in [7, 11) is 1.81. The predicted molar refractivity (Wildman–Crippen MR) is 78.3 cm³/mol. The number of rotatable bonds is 4. The van der Waals surface area contributed by atoms with E-state index >= 15 is 0 Å². The summed E-state index contributed by atoms with van der Waals surface area (Å²) in [6.07, 6.45) is 3.39. The van der Waals surface area contributed by atoms with Gasteiger partial charge >= 0.3 is 0 Å². The largest absolute Gasteiger partial charge is 0.346 e. The van der Waals surface area contributed by atoms with Gasteiger partial charge in [-0.2, -0.15) is 11.3 Å². The smallest absolute Gasteiger partial charge is 0.226 e. The maximum absolute atomic E-state index is 12.7. The first-order valence-electron chi connectivity index (χ1n) is 7.20. The second-order valence-corrected chi connectivity index (χ2v) is 6.61. The highest BCUT2D eigenvalue weighted by Crippen LogP contribution is 2.32. The standard InChI is InChI=1S/C15H20N2O2S/c1-16-6-4-12(8-14(16)18)15(19)17(13-2-3-13)9-11-5-7-20-10-11/h5,7,10,12-13H,2-4,6,8-9H2,1H3/t12-/m1/s1. The molecule has 1 aliphatic heterocycles. The molecule has 0 spiro atoms. The Balaban J connectivity index is 1.68. The van der Waals surface area contributed by atoms with E-state index in [2.05, 4.69) is 11.4 Å². The minimum atomic E-state index is -0.113. The molecule has 0 aromatic carbocycles. The Kier molecular flexibility index (Phi) is 3.78. The fourth-order valence-electron chi connectivity index (χ4n) is 2.74. The quantitative estimate of drug-likeness (QED) is 0.853. The maximum Gasteiger partial charge on any atom is 0.226 e. The summed E-state index contributed by atoms with van der Waals surface area (Å²) in [6.45, 7) is 1.40. The summed E-state index contributed by atoms with van der Waals surface area (Å²) >= 11 is 1.66. The van der Waals surface area contributed by atoms with Crippen LogP contribution in [0.2, 0.25) is 0 Å². The van der Waals surface area contributed by atoms with Crippen molar-refractivity contribution in [2.24, 2.45) is 5.92 Å². The van der Waals surface area contributed by atoms with E-state index in [1.807, 2.05) is 17.3 Å². The zero-order chi connectivity index (χ0) is 14.1. The molecule has 1 atom stereocenters. The lowest BCUT2D eigenvalue weighted by Crippen LogP contribution is -2.44. The third-order valence-corrected chi connectivity index (χ3v) is 4.94. The molecule has 2 aliphatic rings. The molecule has 1 aromatic heterocycles. The molecule has 1 saturated carbocycles. The topological polar surface area (TPSA) is 40.6 Å². The zero-order valence-electron chi connectivity index (χ0n) is 11.7. The van der Waals surface area contributed by atoms with Crippen molar-refractivity contribution in [1.29, 1.82) is 0 Å². The number of hydrogen-bond acceptors (Lipinski definition) is 3. The van der Waals surface area contributed by atoms with Crippen molar-refractivity contribution >= 4 is 23.2 Å². The second-order valence-electron chi connectivity index (χ2n) is 5.83. The molecular weight excluding hydrogens is 272 g/mol. The maximum atomic E-state index is 12.7. The highest BCUT2D eigenvalue weighted by atomic mass is 32.1. The molecule has 20 heavy (non-hydrogen) atoms. The fourth-order valence-corrected chi connectivity index (χ4v) is 3.40. The predicted octanol–water partition coefficient (Wildman–Crippen LogP) is 2.11. The molecule has 2 heterocycles. The van der Waals surface area contributed by atoms with Crippen LogP contribution in [0.25, 0.3) is 0 Å². The van der Waals surface area contributed by atoms with Gasteiger partial charge in [0, 0.05) is 38.5 Å². The molecule has 1 aromatic rings. The molecule has 2 amide bonds. The molecule has 0 radical (unpaired) electrons. The Labute approximate surface area is 123 Å². The van der Waals surface area contributed by atoms with Crippen molar-refractivity contribution in [3.05, 3.63) is 22.4 Å². The molecule has 5 heteroatoms. The average Bonchev–Trinajstić information content (AvgIpc) is 3.15. The first kappa shape index (κ1) is 13.6. The molecule has 0 N–H and O–H groups in total. The van der Waals surface area contributed by atoms with E-state index in [4.69, 9.17) is 0 Å². The molecule has 2 fully saturated rings. The summed E-state index contributed by atoms with van der Waals surface area (Å²) in [4.78, 5) is 28.2. The lowest BCUT2D eigenvalue weighted by molar-refractivity contribution is -0.145. The first-order valence-corrected chi connectivity index (χ1v) is 8.15. The van der Waals surface area contributed by atoms with Gasteiger partial charge < -0.3 is 9.80 Å². The van der Waals surface area contributed by atoms with Crippen LogP contribution in [-0.2, 0) is 16.1 Å². The van der Waals surface area contributed by atoms with Gasteiger partial charge in [-0.3, -0.25) is 9.59 Å². The van der Waals surface area contributed by atoms with Crippen molar-refractivity contribution in [2.45, 2.75) is 38.3 Å². The Bertz CT molecular complexity index is 496. The monoisotopic (exact) mass is 292 g/mol. The van der Waals surface area contributed by atoms with E-state index in [1.54, 1.807) is 16.2 Å². The van der Waals surface area contributed by atoms with Gasteiger partial charge in [0.15, 0.2) is 0 Å².